The highest BCUT2D eigenvalue weighted by atomic mass is 16.9. The summed E-state index contributed by atoms with van der Waals surface area (Å²) in [5.74, 6) is -2.71. The lowest BCUT2D eigenvalue weighted by molar-refractivity contribution is -0.268. The molecule has 1 atom stereocenters. The van der Waals surface area contributed by atoms with Gasteiger partial charge in [-0.15, -0.1) is 15.1 Å². The summed E-state index contributed by atoms with van der Waals surface area (Å²) in [4.78, 5) is 50.1. The summed E-state index contributed by atoms with van der Waals surface area (Å²) in [5.41, 5.74) is 0. The van der Waals surface area contributed by atoms with Crippen LogP contribution >= 0.6 is 0 Å². The maximum absolute atomic E-state index is 11.6. The standard InChI is InChI=1S/C9H9N3O5/c1-10-5-4-8(15)12(9(5)16)17-11-6(13)2-3-7(11)14/h2-3,5,10H,4H2,1H3. The van der Waals surface area contributed by atoms with Crippen LogP contribution in [0.3, 0.4) is 0 Å². The van der Waals surface area contributed by atoms with Gasteiger partial charge in [0.05, 0.1) is 12.5 Å². The Kier molecular flexibility index (Phi) is 2.74. The highest BCUT2D eigenvalue weighted by Gasteiger charge is 2.42. The molecule has 17 heavy (non-hydrogen) atoms. The molecular weight excluding hydrogens is 230 g/mol. The van der Waals surface area contributed by atoms with Crippen molar-refractivity contribution in [2.24, 2.45) is 0 Å². The van der Waals surface area contributed by atoms with Crippen molar-refractivity contribution in [3.63, 3.8) is 0 Å². The summed E-state index contributed by atoms with van der Waals surface area (Å²) in [6.07, 6.45) is 1.91. The van der Waals surface area contributed by atoms with Gasteiger partial charge in [0.15, 0.2) is 0 Å². The molecule has 2 aliphatic rings. The van der Waals surface area contributed by atoms with Crippen molar-refractivity contribution in [1.82, 2.24) is 15.4 Å². The molecular formula is C9H9N3O5. The maximum atomic E-state index is 11.6. The number of hydrogen-bond acceptors (Lipinski definition) is 6. The topological polar surface area (TPSA) is 96.0 Å². The van der Waals surface area contributed by atoms with Crippen LogP contribution in [0, 0.1) is 0 Å². The van der Waals surface area contributed by atoms with Gasteiger partial charge < -0.3 is 5.32 Å². The van der Waals surface area contributed by atoms with Gasteiger partial charge in [-0.05, 0) is 7.05 Å². The van der Waals surface area contributed by atoms with Crippen LogP contribution in [0.4, 0.5) is 0 Å². The summed E-state index contributed by atoms with van der Waals surface area (Å²) in [6, 6.07) is -0.691. The third-order valence-electron chi connectivity index (χ3n) is 2.38. The van der Waals surface area contributed by atoms with E-state index in [4.69, 9.17) is 4.94 Å². The Labute approximate surface area is 95.7 Å². The summed E-state index contributed by atoms with van der Waals surface area (Å²) in [7, 11) is 1.52. The molecule has 2 aliphatic heterocycles. The molecule has 0 aromatic heterocycles. The predicted molar refractivity (Wildman–Crippen MR) is 51.4 cm³/mol. The van der Waals surface area contributed by atoms with Crippen molar-refractivity contribution >= 4 is 23.6 Å². The first kappa shape index (κ1) is 11.4. The number of likely N-dealkylation sites (N-methyl/N-ethyl adjacent to an activating group) is 1. The Hall–Kier alpha value is -2.06. The second kappa shape index (κ2) is 4.07. The van der Waals surface area contributed by atoms with Crippen LogP contribution in [0.2, 0.25) is 0 Å². The van der Waals surface area contributed by atoms with Crippen molar-refractivity contribution in [3.05, 3.63) is 12.2 Å². The van der Waals surface area contributed by atoms with Gasteiger partial charge in [-0.25, -0.2) is 0 Å². The van der Waals surface area contributed by atoms with E-state index >= 15 is 0 Å². The Morgan fingerprint density at radius 3 is 2.24 bits per heavy atom. The minimum absolute atomic E-state index is 0.0705. The fraction of sp³-hybridized carbons (Fsp3) is 0.333. The van der Waals surface area contributed by atoms with Crippen molar-refractivity contribution < 1.29 is 24.1 Å². The Morgan fingerprint density at radius 1 is 1.18 bits per heavy atom. The van der Waals surface area contributed by atoms with Crippen molar-refractivity contribution in [3.8, 4) is 0 Å². The van der Waals surface area contributed by atoms with Crippen molar-refractivity contribution in [1.29, 1.82) is 0 Å². The molecule has 0 aromatic rings. The summed E-state index contributed by atoms with van der Waals surface area (Å²) in [6.45, 7) is 0. The first-order valence-corrected chi connectivity index (χ1v) is 4.83. The van der Waals surface area contributed by atoms with E-state index in [1.54, 1.807) is 0 Å². The van der Waals surface area contributed by atoms with Crippen LogP contribution in [0.5, 0.6) is 0 Å². The van der Waals surface area contributed by atoms with Crippen LogP contribution in [-0.4, -0.2) is 46.8 Å². The number of imide groups is 2. The minimum atomic E-state index is -0.733. The van der Waals surface area contributed by atoms with Crippen LogP contribution in [-0.2, 0) is 24.1 Å². The first-order chi connectivity index (χ1) is 8.04. The van der Waals surface area contributed by atoms with Crippen molar-refractivity contribution in [2.75, 3.05) is 7.05 Å². The number of hydrogen-bond donors (Lipinski definition) is 1. The number of carbonyl (C=O) groups excluding carboxylic acids is 4. The molecule has 0 saturated carbocycles. The first-order valence-electron chi connectivity index (χ1n) is 4.83. The normalized spacial score (nSPS) is 24.4. The zero-order valence-electron chi connectivity index (χ0n) is 8.87. The quantitative estimate of drug-likeness (QED) is 0.578. The fourth-order valence-electron chi connectivity index (χ4n) is 1.47. The van der Waals surface area contributed by atoms with Gasteiger partial charge in [-0.3, -0.25) is 19.2 Å². The van der Waals surface area contributed by atoms with Crippen LogP contribution < -0.4 is 5.32 Å². The van der Waals surface area contributed by atoms with Gasteiger partial charge >= 0.3 is 0 Å². The second-order valence-electron chi connectivity index (χ2n) is 3.46. The van der Waals surface area contributed by atoms with Gasteiger partial charge in [-0.1, -0.05) is 0 Å². The summed E-state index contributed by atoms with van der Waals surface area (Å²) < 4.78 is 0. The van der Waals surface area contributed by atoms with E-state index in [0.29, 0.717) is 10.1 Å². The van der Waals surface area contributed by atoms with E-state index in [1.165, 1.54) is 7.05 Å². The van der Waals surface area contributed by atoms with E-state index in [-0.39, 0.29) is 6.42 Å². The van der Waals surface area contributed by atoms with E-state index in [2.05, 4.69) is 5.32 Å². The highest BCUT2D eigenvalue weighted by molar-refractivity contribution is 6.12. The molecule has 0 aromatic carbocycles. The van der Waals surface area contributed by atoms with Gasteiger partial charge in [-0.2, -0.15) is 0 Å². The zero-order valence-corrected chi connectivity index (χ0v) is 8.87. The molecule has 1 saturated heterocycles. The SMILES string of the molecule is CNC1CC(=O)N(ON2C(=O)C=CC2=O)C1=O. The monoisotopic (exact) mass is 239 g/mol. The number of carbonyl (C=O) groups is 4. The molecule has 2 heterocycles. The predicted octanol–water partition coefficient (Wildman–Crippen LogP) is -1.90. The third-order valence-corrected chi connectivity index (χ3v) is 2.38. The number of nitrogens with zero attached hydrogens (tertiary/aromatic N) is 2. The lowest BCUT2D eigenvalue weighted by atomic mass is 10.2. The molecule has 1 fully saturated rings. The number of nitrogens with one attached hydrogen (secondary N) is 1. The molecule has 4 amide bonds. The molecule has 8 heteroatoms. The molecule has 2 rings (SSSR count). The average Bonchev–Trinajstić information content (AvgIpc) is 2.75. The van der Waals surface area contributed by atoms with E-state index in [1.807, 2.05) is 0 Å². The van der Waals surface area contributed by atoms with Crippen LogP contribution in [0.15, 0.2) is 12.2 Å². The molecule has 90 valence electrons. The lowest BCUT2D eigenvalue weighted by Gasteiger charge is -2.18. The highest BCUT2D eigenvalue weighted by Crippen LogP contribution is 2.16. The Balaban J connectivity index is 2.09. The van der Waals surface area contributed by atoms with Crippen LogP contribution in [0.25, 0.3) is 0 Å². The number of hydroxylamine groups is 4. The molecule has 0 radical (unpaired) electrons. The third kappa shape index (κ3) is 1.83. The van der Waals surface area contributed by atoms with Crippen molar-refractivity contribution in [2.45, 2.75) is 12.5 Å². The largest absolute Gasteiger partial charge is 0.308 e. The van der Waals surface area contributed by atoms with Gasteiger partial charge in [0.1, 0.15) is 0 Å². The maximum Gasteiger partial charge on any atom is 0.279 e. The molecule has 0 bridgehead atoms. The second-order valence-corrected chi connectivity index (χ2v) is 3.46. The fourth-order valence-corrected chi connectivity index (χ4v) is 1.47. The lowest BCUT2D eigenvalue weighted by Crippen LogP contribution is -2.44. The minimum Gasteiger partial charge on any atom is -0.308 e. The Morgan fingerprint density at radius 2 is 1.76 bits per heavy atom. The van der Waals surface area contributed by atoms with E-state index in [0.717, 1.165) is 12.2 Å². The average molecular weight is 239 g/mol. The molecule has 0 aliphatic carbocycles. The van der Waals surface area contributed by atoms with Crippen LogP contribution in [0.1, 0.15) is 6.42 Å². The number of amides is 4. The Bertz CT molecular complexity index is 426. The molecule has 0 spiro atoms. The zero-order chi connectivity index (χ0) is 12.6. The van der Waals surface area contributed by atoms with Gasteiger partial charge in [0, 0.05) is 12.2 Å². The summed E-state index contributed by atoms with van der Waals surface area (Å²) in [5, 5.41) is 3.40. The molecule has 1 unspecified atom stereocenters. The van der Waals surface area contributed by atoms with Gasteiger partial charge in [0.2, 0.25) is 0 Å². The van der Waals surface area contributed by atoms with E-state index in [9.17, 15) is 19.2 Å². The summed E-state index contributed by atoms with van der Waals surface area (Å²) >= 11 is 0. The molecule has 8 nitrogen and oxygen atoms in total. The van der Waals surface area contributed by atoms with Gasteiger partial charge in [0.25, 0.3) is 23.6 Å². The smallest absolute Gasteiger partial charge is 0.279 e. The van der Waals surface area contributed by atoms with E-state index < -0.39 is 29.7 Å². The number of rotatable bonds is 3. The molecule has 1 N–H and O–H groups in total.